The molecule has 26 heavy (non-hydrogen) atoms. The Bertz CT molecular complexity index is 759. The van der Waals surface area contributed by atoms with Crippen molar-refractivity contribution in [2.45, 2.75) is 13.3 Å². The van der Waals surface area contributed by atoms with Crippen LogP contribution < -0.4 is 15.5 Å². The van der Waals surface area contributed by atoms with E-state index < -0.39 is 5.91 Å². The molecule has 2 N–H and O–H groups in total. The van der Waals surface area contributed by atoms with Crippen LogP contribution >= 0.6 is 0 Å². The monoisotopic (exact) mass is 357 g/mol. The zero-order valence-corrected chi connectivity index (χ0v) is 14.4. The lowest BCUT2D eigenvalue weighted by Gasteiger charge is -2.06. The van der Waals surface area contributed by atoms with Crippen LogP contribution in [-0.4, -0.2) is 31.2 Å². The molecule has 2 amide bonds. The number of rotatable bonds is 8. The maximum absolute atomic E-state index is 12.8. The third kappa shape index (κ3) is 6.35. The molecule has 136 valence electrons. The van der Waals surface area contributed by atoms with Gasteiger partial charge in [0.25, 0.3) is 11.8 Å². The van der Waals surface area contributed by atoms with Crippen molar-refractivity contribution in [1.29, 1.82) is 0 Å². The van der Waals surface area contributed by atoms with E-state index in [4.69, 9.17) is 4.74 Å². The van der Waals surface area contributed by atoms with Gasteiger partial charge >= 0.3 is 0 Å². The molecule has 2 aromatic rings. The number of benzene rings is 2. The van der Waals surface area contributed by atoms with Gasteiger partial charge < -0.3 is 10.1 Å². The Morgan fingerprint density at radius 3 is 2.46 bits per heavy atom. The third-order valence-electron chi connectivity index (χ3n) is 3.27. The molecule has 0 unspecified atom stereocenters. The topological polar surface area (TPSA) is 79.8 Å². The Morgan fingerprint density at radius 1 is 1.12 bits per heavy atom. The van der Waals surface area contributed by atoms with Crippen LogP contribution in [-0.2, 0) is 4.79 Å². The van der Waals surface area contributed by atoms with Gasteiger partial charge in [0.1, 0.15) is 11.6 Å². The Hall–Kier alpha value is -3.22. The molecule has 0 radical (unpaired) electrons. The first kappa shape index (κ1) is 19.1. The molecule has 0 bridgehead atoms. The number of carbonyl (C=O) groups excluding carboxylic acids is 2. The van der Waals surface area contributed by atoms with Gasteiger partial charge in [-0.3, -0.25) is 9.59 Å². The number of hydrogen-bond donors (Lipinski definition) is 2. The van der Waals surface area contributed by atoms with E-state index in [1.54, 1.807) is 24.3 Å². The van der Waals surface area contributed by atoms with Gasteiger partial charge in [0.2, 0.25) is 0 Å². The van der Waals surface area contributed by atoms with Gasteiger partial charge in [-0.25, -0.2) is 9.82 Å². The number of carbonyl (C=O) groups is 2. The average molecular weight is 357 g/mol. The minimum atomic E-state index is -0.473. The zero-order valence-electron chi connectivity index (χ0n) is 14.4. The summed E-state index contributed by atoms with van der Waals surface area (Å²) in [5.41, 5.74) is 3.35. The Kier molecular flexibility index (Phi) is 7.30. The second-order valence-electron chi connectivity index (χ2n) is 5.40. The van der Waals surface area contributed by atoms with Crippen molar-refractivity contribution in [1.82, 2.24) is 10.7 Å². The summed E-state index contributed by atoms with van der Waals surface area (Å²) >= 11 is 0. The molecule has 0 saturated heterocycles. The smallest absolute Gasteiger partial charge is 0.259 e. The first-order chi connectivity index (χ1) is 12.6. The number of ether oxygens (including phenoxy) is 1. The standard InChI is InChI=1S/C19H20FN3O3/c1-2-11-26-17-9-5-15(6-10-17)19(25)21-13-18(24)23-22-12-14-3-7-16(20)8-4-14/h3-10,12H,2,11,13H2,1H3,(H,21,25)(H,23,24)/b22-12-. The van der Waals surface area contributed by atoms with E-state index in [0.29, 0.717) is 23.5 Å². The minimum Gasteiger partial charge on any atom is -0.494 e. The summed E-state index contributed by atoms with van der Waals surface area (Å²) in [5, 5.41) is 6.25. The Morgan fingerprint density at radius 2 is 1.81 bits per heavy atom. The largest absolute Gasteiger partial charge is 0.494 e. The van der Waals surface area contributed by atoms with Gasteiger partial charge in [0, 0.05) is 5.56 Å². The lowest BCUT2D eigenvalue weighted by molar-refractivity contribution is -0.120. The summed E-state index contributed by atoms with van der Waals surface area (Å²) in [5.74, 6) is -0.501. The van der Waals surface area contributed by atoms with Crippen LogP contribution in [0.3, 0.4) is 0 Å². The number of hydrazone groups is 1. The van der Waals surface area contributed by atoms with Crippen LogP contribution in [0.4, 0.5) is 4.39 Å². The van der Waals surface area contributed by atoms with Crippen LogP contribution in [0.2, 0.25) is 0 Å². The molecule has 6 nitrogen and oxygen atoms in total. The molecule has 0 aliphatic carbocycles. The van der Waals surface area contributed by atoms with E-state index in [2.05, 4.69) is 15.8 Å². The lowest BCUT2D eigenvalue weighted by Crippen LogP contribution is -2.34. The molecule has 0 spiro atoms. The molecule has 7 heteroatoms. The quantitative estimate of drug-likeness (QED) is 0.563. The third-order valence-corrected chi connectivity index (χ3v) is 3.27. The Balaban J connectivity index is 1.75. The van der Waals surface area contributed by atoms with Crippen molar-refractivity contribution in [3.05, 3.63) is 65.5 Å². The summed E-state index contributed by atoms with van der Waals surface area (Å²) in [6.07, 6.45) is 2.29. The summed E-state index contributed by atoms with van der Waals surface area (Å²) in [4.78, 5) is 23.7. The molecule has 0 heterocycles. The molecule has 0 aliphatic heterocycles. The summed E-state index contributed by atoms with van der Waals surface area (Å²) in [6.45, 7) is 2.41. The fraction of sp³-hybridized carbons (Fsp3) is 0.211. The number of halogens is 1. The maximum atomic E-state index is 12.8. The fourth-order valence-electron chi connectivity index (χ4n) is 1.95. The highest BCUT2D eigenvalue weighted by atomic mass is 19.1. The Labute approximate surface area is 151 Å². The van der Waals surface area contributed by atoms with Gasteiger partial charge in [-0.2, -0.15) is 5.10 Å². The van der Waals surface area contributed by atoms with Crippen LogP contribution in [0.5, 0.6) is 5.75 Å². The SMILES string of the molecule is CCCOc1ccc(C(=O)NCC(=O)N/N=C\c2ccc(F)cc2)cc1. The molecule has 0 saturated carbocycles. The molecule has 0 atom stereocenters. The molecule has 2 aromatic carbocycles. The first-order valence-corrected chi connectivity index (χ1v) is 8.17. The highest BCUT2D eigenvalue weighted by Crippen LogP contribution is 2.12. The van der Waals surface area contributed by atoms with Gasteiger partial charge in [-0.15, -0.1) is 0 Å². The van der Waals surface area contributed by atoms with Crippen LogP contribution in [0, 0.1) is 5.82 Å². The van der Waals surface area contributed by atoms with Crippen LogP contribution in [0.15, 0.2) is 53.6 Å². The highest BCUT2D eigenvalue weighted by molar-refractivity contribution is 5.96. The zero-order chi connectivity index (χ0) is 18.8. The second kappa shape index (κ2) is 9.93. The van der Waals surface area contributed by atoms with Gasteiger partial charge in [-0.05, 0) is 48.4 Å². The van der Waals surface area contributed by atoms with Crippen molar-refractivity contribution in [2.75, 3.05) is 13.2 Å². The van der Waals surface area contributed by atoms with Gasteiger partial charge in [0.05, 0.1) is 19.4 Å². The number of nitrogens with zero attached hydrogens (tertiary/aromatic N) is 1. The van der Waals surface area contributed by atoms with E-state index >= 15 is 0 Å². The van der Waals surface area contributed by atoms with Gasteiger partial charge in [0.15, 0.2) is 0 Å². The normalized spacial score (nSPS) is 10.5. The molecular formula is C19H20FN3O3. The van der Waals surface area contributed by atoms with Crippen LogP contribution in [0.25, 0.3) is 0 Å². The van der Waals surface area contributed by atoms with E-state index in [1.165, 1.54) is 30.5 Å². The predicted molar refractivity (Wildman–Crippen MR) is 96.7 cm³/mol. The molecule has 0 fully saturated rings. The van der Waals surface area contributed by atoms with E-state index in [0.717, 1.165) is 6.42 Å². The first-order valence-electron chi connectivity index (χ1n) is 8.17. The van der Waals surface area contributed by atoms with Crippen molar-refractivity contribution in [2.24, 2.45) is 5.10 Å². The fourth-order valence-corrected chi connectivity index (χ4v) is 1.95. The van der Waals surface area contributed by atoms with Gasteiger partial charge in [-0.1, -0.05) is 19.1 Å². The highest BCUT2D eigenvalue weighted by Gasteiger charge is 2.07. The number of hydrogen-bond acceptors (Lipinski definition) is 4. The van der Waals surface area contributed by atoms with Crippen molar-refractivity contribution >= 4 is 18.0 Å². The maximum Gasteiger partial charge on any atom is 0.259 e. The molecule has 0 aliphatic rings. The number of amides is 2. The second-order valence-corrected chi connectivity index (χ2v) is 5.40. The van der Waals surface area contributed by atoms with Crippen LogP contribution in [0.1, 0.15) is 29.3 Å². The van der Waals surface area contributed by atoms with Crippen molar-refractivity contribution in [3.63, 3.8) is 0 Å². The molecular weight excluding hydrogens is 337 g/mol. The van der Waals surface area contributed by atoms with E-state index in [-0.39, 0.29) is 18.3 Å². The summed E-state index contributed by atoms with van der Waals surface area (Å²) in [7, 11) is 0. The molecule has 0 aromatic heterocycles. The van der Waals surface area contributed by atoms with Crippen molar-refractivity contribution < 1.29 is 18.7 Å². The number of nitrogens with one attached hydrogen (secondary N) is 2. The minimum absolute atomic E-state index is 0.215. The van der Waals surface area contributed by atoms with E-state index in [9.17, 15) is 14.0 Å². The summed E-state index contributed by atoms with van der Waals surface area (Å²) < 4.78 is 18.2. The van der Waals surface area contributed by atoms with E-state index in [1.807, 2.05) is 6.92 Å². The average Bonchev–Trinajstić information content (AvgIpc) is 2.66. The van der Waals surface area contributed by atoms with Crippen molar-refractivity contribution in [3.8, 4) is 5.75 Å². The summed E-state index contributed by atoms with van der Waals surface area (Å²) in [6, 6.07) is 12.3. The molecule has 2 rings (SSSR count). The lowest BCUT2D eigenvalue weighted by atomic mass is 10.2. The predicted octanol–water partition coefficient (Wildman–Crippen LogP) is 2.49.